The monoisotopic (exact) mass is 386 g/mol. The van der Waals surface area contributed by atoms with E-state index in [0.29, 0.717) is 10.8 Å². The summed E-state index contributed by atoms with van der Waals surface area (Å²) in [5.74, 6) is 7.96. The van der Waals surface area contributed by atoms with Gasteiger partial charge in [0.1, 0.15) is 0 Å². The second kappa shape index (κ2) is 7.92. The zero-order valence-electron chi connectivity index (χ0n) is 20.1. The largest absolute Gasteiger partial charge is 0.0625 e. The van der Waals surface area contributed by atoms with Crippen LogP contribution in [0.15, 0.2) is 0 Å². The van der Waals surface area contributed by atoms with Crippen LogP contribution in [0.2, 0.25) is 0 Å². The van der Waals surface area contributed by atoms with Crippen molar-refractivity contribution in [3.63, 3.8) is 0 Å². The van der Waals surface area contributed by atoms with Crippen LogP contribution >= 0.6 is 0 Å². The van der Waals surface area contributed by atoms with Crippen LogP contribution in [-0.4, -0.2) is 0 Å². The van der Waals surface area contributed by atoms with Gasteiger partial charge in [-0.05, 0) is 110 Å². The van der Waals surface area contributed by atoms with Crippen LogP contribution in [-0.2, 0) is 0 Å². The molecule has 0 heterocycles. The van der Waals surface area contributed by atoms with Gasteiger partial charge >= 0.3 is 0 Å². The summed E-state index contributed by atoms with van der Waals surface area (Å²) in [5.41, 5.74) is 1.37. The van der Waals surface area contributed by atoms with E-state index in [1.807, 2.05) is 0 Å². The Bertz CT molecular complexity index is 534. The van der Waals surface area contributed by atoms with E-state index >= 15 is 0 Å². The predicted molar refractivity (Wildman–Crippen MR) is 122 cm³/mol. The highest BCUT2D eigenvalue weighted by Gasteiger charge is 2.60. The van der Waals surface area contributed by atoms with Gasteiger partial charge in [-0.1, -0.05) is 67.2 Å². The van der Waals surface area contributed by atoms with Crippen molar-refractivity contribution >= 4 is 0 Å². The molecule has 4 aliphatic carbocycles. The third-order valence-electron chi connectivity index (χ3n) is 11.6. The molecule has 0 spiro atoms. The SMILES string of the molecule is CC(C)[C@H](C)CC[C@@H](C)[C@@H]1CC[C@H]2[C@@H]3CC[C@H]4CCCC[C@]4(C)[C@H]3CC[C@@]21C. The van der Waals surface area contributed by atoms with E-state index in [1.54, 1.807) is 51.4 Å². The van der Waals surface area contributed by atoms with Gasteiger partial charge in [-0.2, -0.15) is 0 Å². The fourth-order valence-electron chi connectivity index (χ4n) is 9.33. The summed E-state index contributed by atoms with van der Waals surface area (Å²) < 4.78 is 0. The summed E-state index contributed by atoms with van der Waals surface area (Å²) in [6.45, 7) is 15.4. The molecule has 0 amide bonds. The predicted octanol–water partition coefficient (Wildman–Crippen LogP) is 8.74. The van der Waals surface area contributed by atoms with Crippen molar-refractivity contribution in [2.75, 3.05) is 0 Å². The van der Waals surface area contributed by atoms with Gasteiger partial charge in [0.25, 0.3) is 0 Å². The lowest BCUT2D eigenvalue weighted by molar-refractivity contribution is -0.114. The highest BCUT2D eigenvalue weighted by Crippen LogP contribution is 2.68. The molecule has 0 aromatic carbocycles. The van der Waals surface area contributed by atoms with Crippen molar-refractivity contribution in [1.29, 1.82) is 0 Å². The van der Waals surface area contributed by atoms with E-state index in [-0.39, 0.29) is 0 Å². The lowest BCUT2D eigenvalue weighted by atomic mass is 9.44. The quantitative estimate of drug-likeness (QED) is 0.443. The van der Waals surface area contributed by atoms with Gasteiger partial charge in [0, 0.05) is 0 Å². The Kier molecular flexibility index (Phi) is 6.01. The van der Waals surface area contributed by atoms with Gasteiger partial charge < -0.3 is 0 Å². The van der Waals surface area contributed by atoms with Gasteiger partial charge in [-0.15, -0.1) is 0 Å². The van der Waals surface area contributed by atoms with Crippen LogP contribution < -0.4 is 0 Å². The smallest absolute Gasteiger partial charge is 0.0264 e. The number of fused-ring (bicyclic) bond motifs is 5. The average molecular weight is 387 g/mol. The molecule has 0 saturated heterocycles. The molecule has 0 unspecified atom stereocenters. The highest BCUT2D eigenvalue weighted by molar-refractivity contribution is 5.09. The van der Waals surface area contributed by atoms with Crippen LogP contribution in [0.25, 0.3) is 0 Å². The zero-order chi connectivity index (χ0) is 20.1. The summed E-state index contributed by atoms with van der Waals surface area (Å²) in [5, 5.41) is 0. The van der Waals surface area contributed by atoms with E-state index in [0.717, 1.165) is 47.3 Å². The first-order valence-electron chi connectivity index (χ1n) is 13.3. The second-order valence-corrected chi connectivity index (χ2v) is 12.9. The molecule has 9 atom stereocenters. The zero-order valence-corrected chi connectivity index (χ0v) is 20.1. The summed E-state index contributed by atoms with van der Waals surface area (Å²) in [4.78, 5) is 0. The van der Waals surface area contributed by atoms with E-state index in [9.17, 15) is 0 Å². The highest BCUT2D eigenvalue weighted by atomic mass is 14.6. The Morgan fingerprint density at radius 2 is 1.46 bits per heavy atom. The molecule has 4 fully saturated rings. The third kappa shape index (κ3) is 3.41. The van der Waals surface area contributed by atoms with Crippen LogP contribution in [0.1, 0.15) is 119 Å². The first-order valence-corrected chi connectivity index (χ1v) is 13.3. The fourth-order valence-corrected chi connectivity index (χ4v) is 9.33. The van der Waals surface area contributed by atoms with Gasteiger partial charge in [-0.3, -0.25) is 0 Å². The summed E-state index contributed by atoms with van der Waals surface area (Å²) in [6.07, 6.45) is 18.4. The van der Waals surface area contributed by atoms with Crippen molar-refractivity contribution in [2.24, 2.45) is 58.2 Å². The molecule has 0 aromatic rings. The molecule has 4 rings (SSSR count). The molecule has 0 aliphatic heterocycles. The lowest BCUT2D eigenvalue weighted by Gasteiger charge is -2.61. The summed E-state index contributed by atoms with van der Waals surface area (Å²) >= 11 is 0. The second-order valence-electron chi connectivity index (χ2n) is 12.9. The summed E-state index contributed by atoms with van der Waals surface area (Å²) in [6, 6.07) is 0. The van der Waals surface area contributed by atoms with E-state index in [1.165, 1.54) is 25.7 Å². The standard InChI is InChI=1S/C28H50/c1-19(2)20(3)10-11-21(4)24-14-15-25-23-13-12-22-9-7-8-17-27(22,5)26(23)16-18-28(24,25)6/h19-26H,7-18H2,1-6H3/t20-,21-,22-,23+,24+,25+,26+,27+,28-/m1/s1. The maximum Gasteiger partial charge on any atom is -0.0264 e. The van der Waals surface area contributed by atoms with Gasteiger partial charge in [-0.25, -0.2) is 0 Å². The minimum atomic E-state index is 0.666. The molecular formula is C28H50. The van der Waals surface area contributed by atoms with Crippen molar-refractivity contribution < 1.29 is 0 Å². The molecule has 0 aromatic heterocycles. The Hall–Kier alpha value is 0. The molecule has 0 nitrogen and oxygen atoms in total. The lowest BCUT2D eigenvalue weighted by Crippen LogP contribution is -2.53. The van der Waals surface area contributed by atoms with Crippen molar-refractivity contribution in [3.05, 3.63) is 0 Å². The molecular weight excluding hydrogens is 336 g/mol. The Labute approximate surface area is 177 Å². The minimum Gasteiger partial charge on any atom is -0.0625 e. The Morgan fingerprint density at radius 3 is 2.21 bits per heavy atom. The third-order valence-corrected chi connectivity index (χ3v) is 11.6. The van der Waals surface area contributed by atoms with Crippen LogP contribution in [0.3, 0.4) is 0 Å². The first-order chi connectivity index (χ1) is 13.3. The van der Waals surface area contributed by atoms with Gasteiger partial charge in [0.15, 0.2) is 0 Å². The van der Waals surface area contributed by atoms with Crippen molar-refractivity contribution in [3.8, 4) is 0 Å². The summed E-state index contributed by atoms with van der Waals surface area (Å²) in [7, 11) is 0. The van der Waals surface area contributed by atoms with Crippen LogP contribution in [0.4, 0.5) is 0 Å². The fraction of sp³-hybridized carbons (Fsp3) is 1.00. The maximum atomic E-state index is 2.75. The molecule has 0 bridgehead atoms. The average Bonchev–Trinajstić information content (AvgIpc) is 3.02. The molecule has 0 radical (unpaired) electrons. The number of hydrogen-bond acceptors (Lipinski definition) is 0. The van der Waals surface area contributed by atoms with Crippen molar-refractivity contribution in [1.82, 2.24) is 0 Å². The van der Waals surface area contributed by atoms with E-state index < -0.39 is 0 Å². The Balaban J connectivity index is 1.46. The molecule has 4 aliphatic rings. The number of hydrogen-bond donors (Lipinski definition) is 0. The molecule has 0 N–H and O–H groups in total. The van der Waals surface area contributed by atoms with Crippen LogP contribution in [0.5, 0.6) is 0 Å². The Morgan fingerprint density at radius 1 is 0.714 bits per heavy atom. The van der Waals surface area contributed by atoms with Crippen molar-refractivity contribution in [2.45, 2.75) is 119 Å². The van der Waals surface area contributed by atoms with E-state index in [4.69, 9.17) is 0 Å². The topological polar surface area (TPSA) is 0 Å². The normalized spacial score (nSPS) is 47.9. The maximum absolute atomic E-state index is 2.75. The molecule has 162 valence electrons. The molecule has 28 heavy (non-hydrogen) atoms. The van der Waals surface area contributed by atoms with Crippen LogP contribution in [0, 0.1) is 58.2 Å². The van der Waals surface area contributed by atoms with Gasteiger partial charge in [0.2, 0.25) is 0 Å². The molecule has 4 saturated carbocycles. The molecule has 0 heteroatoms. The number of rotatable bonds is 5. The van der Waals surface area contributed by atoms with Gasteiger partial charge in [0.05, 0.1) is 0 Å². The first kappa shape index (κ1) is 21.2. The minimum absolute atomic E-state index is 0.666. The van der Waals surface area contributed by atoms with E-state index in [2.05, 4.69) is 41.5 Å².